The van der Waals surface area contributed by atoms with E-state index in [-0.39, 0.29) is 37.6 Å². The monoisotopic (exact) mass is 1550 g/mol. The molecule has 4 aliphatic rings. The number of morpholine rings is 3. The van der Waals surface area contributed by atoms with Crippen LogP contribution in [-0.4, -0.2) is 121 Å². The first kappa shape index (κ1) is 70.8. The number of aromatic amines is 3. The van der Waals surface area contributed by atoms with E-state index in [2.05, 4.69) is 75.9 Å². The highest BCUT2D eigenvalue weighted by Gasteiger charge is 2.52. The number of pyridine rings is 3. The Labute approximate surface area is 631 Å². The molecular formula is C80H71BBrN10O12S3+. The fraction of sp³-hybridized carbons (Fsp3) is 0.225. The standard InChI is InChI=1S/C25H21N3O2S.C24H18N4O4S.C18H18BNO4S.C13H13BrN2O2/c26-19-9-8-16(25-23(19)18-4-1-2-7-21(18)31-25)15-5-3-6-17-20(29)14-22(27-24(15)17)28-10-12-30-13-11-28;29-21-14-20(26-10-12-32-13-11-26)25-24-16(5-3-9-27(21)24)15-7-8-18(28(30)31)22-17-4-1-2-6-19(17)33-23(15)22;1-17(2)18(3,4)24-19(23-17)12-9-10-13(20(21)22)15-11-7-5-6-8-14(11)25-16(12)15;14-10-3-1-2-9-11(17)8-12(15-13(9)10)16-4-6-18-7-5-16/h1-9,14H,10-13,26H2,(H,27,29);1-9,14H,10-13H2;5-10H,1-4H3;1-3,8H,4-7H2,(H,15,17)/p+1. The van der Waals surface area contributed by atoms with Crippen molar-refractivity contribution in [2.24, 2.45) is 0 Å². The number of ether oxygens (including phenoxy) is 3. The van der Waals surface area contributed by atoms with Gasteiger partial charge in [0.15, 0.2) is 10.9 Å². The molecule has 0 radical (unpaired) electrons. The molecule has 4 aliphatic heterocycles. The molecule has 540 valence electrons. The summed E-state index contributed by atoms with van der Waals surface area (Å²) in [7, 11) is -0.540. The molecule has 0 bridgehead atoms. The van der Waals surface area contributed by atoms with Crippen LogP contribution >= 0.6 is 49.9 Å². The van der Waals surface area contributed by atoms with Gasteiger partial charge in [-0.3, -0.25) is 39.5 Å². The molecule has 4 saturated heterocycles. The van der Waals surface area contributed by atoms with Crippen molar-refractivity contribution in [3.63, 3.8) is 0 Å². The summed E-state index contributed by atoms with van der Waals surface area (Å²) in [4.78, 5) is 77.5. The summed E-state index contributed by atoms with van der Waals surface area (Å²) in [6.45, 7) is 16.5. The lowest BCUT2D eigenvalue weighted by molar-refractivity contribution is -0.383. The third kappa shape index (κ3) is 13.3. The van der Waals surface area contributed by atoms with Crippen molar-refractivity contribution in [1.82, 2.24) is 14.4 Å². The highest BCUT2D eigenvalue weighted by Crippen LogP contribution is 2.47. The molecule has 0 saturated carbocycles. The first-order valence-corrected chi connectivity index (χ1v) is 38.3. The van der Waals surface area contributed by atoms with Crippen molar-refractivity contribution in [2.75, 3.05) is 99.3 Å². The second-order valence-corrected chi connectivity index (χ2v) is 31.4. The number of hydrogen-bond donors (Lipinski definition) is 3. The number of anilines is 4. The molecule has 0 amide bonds. The van der Waals surface area contributed by atoms with Gasteiger partial charge in [-0.1, -0.05) is 84.9 Å². The summed E-state index contributed by atoms with van der Waals surface area (Å²) in [5.41, 5.74) is 13.4. The molecule has 0 atom stereocenters. The molecule has 8 aromatic carbocycles. The number of hydrogen-bond acceptors (Lipinski definition) is 19. The minimum Gasteiger partial charge on any atom is -0.399 e. The Balaban J connectivity index is 0.000000111. The SMILES string of the molecule is CC1(C)OB(c2ccc([N+](=O)[O-])c3c2sc2ccccc23)OC1(C)C.Nc1ccc(-c2cccc3c(=O)cc(N4CCOCC4)[nH]c23)c2sc3ccccc3c12.O=c1cc(N2CCOCC2)[nH+]c2c(-c3ccc([N+](=O)[O-])c4c3sc3ccccc34)cccn12.O=c1cc(N2CCOCC2)[nH]c2c(Br)cccc12. The van der Waals surface area contributed by atoms with Crippen LogP contribution < -0.4 is 47.3 Å². The van der Waals surface area contributed by atoms with Crippen molar-refractivity contribution >= 4 is 185 Å². The zero-order valence-electron chi connectivity index (χ0n) is 58.6. The Morgan fingerprint density at radius 1 is 0.495 bits per heavy atom. The molecule has 0 spiro atoms. The number of para-hydroxylation sites is 2. The number of nitrogens with zero attached hydrogens (tertiary/aromatic N) is 6. The van der Waals surface area contributed by atoms with Crippen LogP contribution in [0.5, 0.6) is 0 Å². The number of nitrogens with two attached hydrogens (primary N) is 1. The van der Waals surface area contributed by atoms with Gasteiger partial charge in [0.2, 0.25) is 11.5 Å². The maximum Gasteiger partial charge on any atom is 0.496 e. The van der Waals surface area contributed by atoms with Crippen LogP contribution in [0.3, 0.4) is 0 Å². The van der Waals surface area contributed by atoms with E-state index in [4.69, 9.17) is 29.3 Å². The smallest absolute Gasteiger partial charge is 0.399 e. The number of thiophene rings is 3. The number of nitrogens with one attached hydrogen (secondary N) is 3. The van der Waals surface area contributed by atoms with Crippen LogP contribution in [0.1, 0.15) is 27.7 Å². The highest BCUT2D eigenvalue weighted by atomic mass is 79.9. The Morgan fingerprint density at radius 2 is 0.944 bits per heavy atom. The van der Waals surface area contributed by atoms with Crippen LogP contribution in [0.4, 0.5) is 34.5 Å². The molecular weight excluding hydrogens is 1480 g/mol. The Morgan fingerprint density at radius 3 is 1.51 bits per heavy atom. The summed E-state index contributed by atoms with van der Waals surface area (Å²) in [5.74, 6) is 2.45. The number of aromatic nitrogens is 4. The van der Waals surface area contributed by atoms with Gasteiger partial charge in [-0.05, 0) is 104 Å². The third-order valence-electron chi connectivity index (χ3n) is 20.5. The minimum atomic E-state index is -0.540. The fourth-order valence-corrected chi connectivity index (χ4v) is 18.6. The number of nitro benzene ring substituents is 2. The predicted molar refractivity (Wildman–Crippen MR) is 436 cm³/mol. The Bertz CT molecular complexity index is 6220. The Kier molecular flexibility index (Phi) is 19.2. The van der Waals surface area contributed by atoms with Crippen LogP contribution in [-0.2, 0) is 23.5 Å². The summed E-state index contributed by atoms with van der Waals surface area (Å²) in [5, 5.41) is 30.1. The largest absolute Gasteiger partial charge is 0.496 e. The molecule has 11 heterocycles. The van der Waals surface area contributed by atoms with Gasteiger partial charge in [0.05, 0.1) is 118 Å². The van der Waals surface area contributed by atoms with Crippen molar-refractivity contribution in [3.8, 4) is 22.3 Å². The summed E-state index contributed by atoms with van der Waals surface area (Å²) < 4.78 is 37.1. The van der Waals surface area contributed by atoms with E-state index in [9.17, 15) is 34.6 Å². The molecule has 107 heavy (non-hydrogen) atoms. The minimum absolute atomic E-state index is 0.0279. The molecule has 19 rings (SSSR count). The van der Waals surface area contributed by atoms with Crippen molar-refractivity contribution in [1.29, 1.82) is 0 Å². The molecule has 4 fully saturated rings. The molecule has 0 aliphatic carbocycles. The van der Waals surface area contributed by atoms with E-state index in [1.807, 2.05) is 131 Å². The van der Waals surface area contributed by atoms with Crippen molar-refractivity contribution in [3.05, 3.63) is 238 Å². The van der Waals surface area contributed by atoms with Crippen LogP contribution in [0.15, 0.2) is 201 Å². The molecule has 0 unspecified atom stereocenters. The predicted octanol–water partition coefficient (Wildman–Crippen LogP) is 15.3. The van der Waals surface area contributed by atoms with Gasteiger partial charge in [-0.2, -0.15) is 4.40 Å². The average molecular weight is 1550 g/mol. The van der Waals surface area contributed by atoms with Gasteiger partial charge >= 0.3 is 12.7 Å². The number of fused-ring (bicyclic) bond motifs is 12. The lowest BCUT2D eigenvalue weighted by atomic mass is 9.78. The molecule has 7 aromatic heterocycles. The quantitative estimate of drug-likeness (QED) is 0.0552. The number of H-pyrrole nitrogens is 3. The zero-order chi connectivity index (χ0) is 74.0. The lowest BCUT2D eigenvalue weighted by Crippen LogP contribution is -2.41. The van der Waals surface area contributed by atoms with E-state index in [1.165, 1.54) is 21.4 Å². The van der Waals surface area contributed by atoms with Crippen LogP contribution in [0.25, 0.3) is 110 Å². The lowest BCUT2D eigenvalue weighted by Gasteiger charge is -2.32. The topological polar surface area (TPSA) is 270 Å². The normalized spacial score (nSPS) is 15.8. The molecule has 5 N–H and O–H groups in total. The van der Waals surface area contributed by atoms with Gasteiger partial charge < -0.3 is 49.0 Å². The fourth-order valence-electron chi connectivity index (χ4n) is 14.4. The summed E-state index contributed by atoms with van der Waals surface area (Å²) >= 11 is 8.29. The molecule has 27 heteroatoms. The van der Waals surface area contributed by atoms with E-state index >= 15 is 0 Å². The van der Waals surface area contributed by atoms with Crippen molar-refractivity contribution < 1.29 is 38.3 Å². The first-order valence-electron chi connectivity index (χ1n) is 35.1. The maximum absolute atomic E-state index is 13.0. The van der Waals surface area contributed by atoms with Crippen molar-refractivity contribution in [2.45, 2.75) is 38.9 Å². The Hall–Kier alpha value is -10.5. The highest BCUT2D eigenvalue weighted by molar-refractivity contribution is 9.10. The number of halogens is 1. The van der Waals surface area contributed by atoms with E-state index < -0.39 is 18.3 Å². The van der Waals surface area contributed by atoms with Gasteiger partial charge in [-0.15, -0.1) is 34.0 Å². The van der Waals surface area contributed by atoms with E-state index in [0.29, 0.717) is 79.9 Å². The molecule has 15 aromatic rings. The van der Waals surface area contributed by atoms with Gasteiger partial charge in [0.1, 0.15) is 11.6 Å². The second kappa shape index (κ2) is 29.0. The van der Waals surface area contributed by atoms with Gasteiger partial charge in [-0.25, -0.2) is 4.98 Å². The number of nitro groups is 2. The van der Waals surface area contributed by atoms with Crippen LogP contribution in [0, 0.1) is 20.2 Å². The van der Waals surface area contributed by atoms with E-state index in [0.717, 1.165) is 132 Å². The number of nitrogen functional groups attached to an aromatic ring is 1. The summed E-state index contributed by atoms with van der Waals surface area (Å²) in [6, 6.07) is 54.8. The summed E-state index contributed by atoms with van der Waals surface area (Å²) in [6.07, 6.45) is 1.73. The van der Waals surface area contributed by atoms with E-state index in [1.54, 1.807) is 75.7 Å². The van der Waals surface area contributed by atoms with Gasteiger partial charge in [0, 0.05) is 139 Å². The first-order chi connectivity index (χ1) is 51.8. The zero-order valence-corrected chi connectivity index (χ0v) is 62.7. The van der Waals surface area contributed by atoms with Crippen LogP contribution in [0.2, 0.25) is 0 Å². The number of benzene rings is 8. The number of non-ortho nitro benzene ring substituents is 2. The average Bonchev–Trinajstić information content (AvgIpc) is 1.63. The second-order valence-electron chi connectivity index (χ2n) is 27.4. The third-order valence-corrected chi connectivity index (χ3v) is 24.8. The molecule has 22 nitrogen and oxygen atoms in total. The number of rotatable bonds is 8. The van der Waals surface area contributed by atoms with Gasteiger partial charge in [0.25, 0.3) is 11.4 Å². The maximum atomic E-state index is 13.0.